The monoisotopic (exact) mass is 236 g/mol. The third-order valence-corrected chi connectivity index (χ3v) is 3.66. The van der Waals surface area contributed by atoms with Gasteiger partial charge in [-0.3, -0.25) is 9.48 Å². The summed E-state index contributed by atoms with van der Waals surface area (Å²) in [5, 5.41) is 4.18. The number of hydrogen-bond donors (Lipinski definition) is 0. The predicted molar refractivity (Wildman–Crippen MR) is 64.4 cm³/mol. The number of methoxy groups -OCH3 is 1. The zero-order valence-corrected chi connectivity index (χ0v) is 10.6. The molecule has 0 saturated heterocycles. The SMILES string of the molecule is COC(=O)[C@H]1CC[C@H](Cc2cnn(C)c2)CC1. The average Bonchev–Trinajstić information content (AvgIpc) is 2.75. The molecule has 1 heterocycles. The van der Waals surface area contributed by atoms with Crippen molar-refractivity contribution in [3.05, 3.63) is 18.0 Å². The van der Waals surface area contributed by atoms with Gasteiger partial charge in [-0.2, -0.15) is 5.10 Å². The predicted octanol–water partition coefficient (Wildman–Crippen LogP) is 1.94. The Labute approximate surface area is 102 Å². The first-order valence-electron chi connectivity index (χ1n) is 6.24. The van der Waals surface area contributed by atoms with Crippen molar-refractivity contribution in [1.29, 1.82) is 0 Å². The van der Waals surface area contributed by atoms with E-state index in [1.54, 1.807) is 0 Å². The maximum Gasteiger partial charge on any atom is 0.308 e. The van der Waals surface area contributed by atoms with Crippen LogP contribution in [0.3, 0.4) is 0 Å². The van der Waals surface area contributed by atoms with E-state index < -0.39 is 0 Å². The van der Waals surface area contributed by atoms with Gasteiger partial charge in [0.05, 0.1) is 19.2 Å². The highest BCUT2D eigenvalue weighted by Crippen LogP contribution is 2.31. The fourth-order valence-electron chi connectivity index (χ4n) is 2.68. The quantitative estimate of drug-likeness (QED) is 0.753. The Balaban J connectivity index is 1.81. The fraction of sp³-hybridized carbons (Fsp3) is 0.692. The molecule has 1 fully saturated rings. The third-order valence-electron chi connectivity index (χ3n) is 3.66. The number of ether oxygens (including phenoxy) is 1. The second-order valence-electron chi connectivity index (χ2n) is 4.97. The topological polar surface area (TPSA) is 44.1 Å². The van der Waals surface area contributed by atoms with Gasteiger partial charge >= 0.3 is 5.97 Å². The van der Waals surface area contributed by atoms with E-state index in [2.05, 4.69) is 11.3 Å². The number of aryl methyl sites for hydroxylation is 1. The van der Waals surface area contributed by atoms with Crippen molar-refractivity contribution in [2.45, 2.75) is 32.1 Å². The number of hydrogen-bond acceptors (Lipinski definition) is 3. The van der Waals surface area contributed by atoms with Gasteiger partial charge in [0.1, 0.15) is 0 Å². The van der Waals surface area contributed by atoms with E-state index in [4.69, 9.17) is 4.74 Å². The minimum absolute atomic E-state index is 0.0372. The molecule has 4 heteroatoms. The van der Waals surface area contributed by atoms with Gasteiger partial charge in [-0.25, -0.2) is 0 Å². The molecule has 0 aromatic carbocycles. The molecule has 1 aliphatic rings. The van der Waals surface area contributed by atoms with Gasteiger partial charge in [0, 0.05) is 13.2 Å². The second kappa shape index (κ2) is 5.34. The Morgan fingerprint density at radius 1 is 1.47 bits per heavy atom. The van der Waals surface area contributed by atoms with Crippen LogP contribution in [-0.4, -0.2) is 22.9 Å². The molecule has 0 bridgehead atoms. The minimum Gasteiger partial charge on any atom is -0.469 e. The van der Waals surface area contributed by atoms with E-state index in [-0.39, 0.29) is 11.9 Å². The second-order valence-corrected chi connectivity index (χ2v) is 4.97. The highest BCUT2D eigenvalue weighted by molar-refractivity contribution is 5.72. The van der Waals surface area contributed by atoms with Crippen LogP contribution in [0, 0.1) is 11.8 Å². The number of rotatable bonds is 3. The van der Waals surface area contributed by atoms with Crippen molar-refractivity contribution in [2.75, 3.05) is 7.11 Å². The fourth-order valence-corrected chi connectivity index (χ4v) is 2.68. The van der Waals surface area contributed by atoms with Crippen molar-refractivity contribution in [3.8, 4) is 0 Å². The molecular weight excluding hydrogens is 216 g/mol. The van der Waals surface area contributed by atoms with Gasteiger partial charge in [-0.15, -0.1) is 0 Å². The summed E-state index contributed by atoms with van der Waals surface area (Å²) in [6.45, 7) is 0. The molecule has 0 atom stereocenters. The van der Waals surface area contributed by atoms with Crippen molar-refractivity contribution in [3.63, 3.8) is 0 Å². The molecule has 4 nitrogen and oxygen atoms in total. The standard InChI is InChI=1S/C13H20N2O2/c1-15-9-11(8-14-15)7-10-3-5-12(6-4-10)13(16)17-2/h8-10,12H,3-7H2,1-2H3/t10-,12-. The number of carbonyl (C=O) groups excluding carboxylic acids is 1. The molecule has 94 valence electrons. The molecule has 0 unspecified atom stereocenters. The Bertz CT molecular complexity index is 379. The first kappa shape index (κ1) is 12.1. The largest absolute Gasteiger partial charge is 0.469 e. The van der Waals surface area contributed by atoms with Crippen LogP contribution in [-0.2, 0) is 23.0 Å². The molecular formula is C13H20N2O2. The number of carbonyl (C=O) groups is 1. The van der Waals surface area contributed by atoms with Gasteiger partial charge in [-0.05, 0) is 43.6 Å². The lowest BCUT2D eigenvalue weighted by molar-refractivity contribution is -0.146. The van der Waals surface area contributed by atoms with Crippen molar-refractivity contribution in [1.82, 2.24) is 9.78 Å². The van der Waals surface area contributed by atoms with Gasteiger partial charge in [0.15, 0.2) is 0 Å². The normalized spacial score (nSPS) is 24.6. The molecule has 0 spiro atoms. The first-order valence-corrected chi connectivity index (χ1v) is 6.24. The van der Waals surface area contributed by atoms with E-state index in [9.17, 15) is 4.79 Å². The molecule has 2 rings (SSSR count). The molecule has 0 radical (unpaired) electrons. The molecule has 1 aromatic heterocycles. The molecule has 1 saturated carbocycles. The minimum atomic E-state index is -0.0372. The lowest BCUT2D eigenvalue weighted by Gasteiger charge is -2.26. The van der Waals surface area contributed by atoms with E-state index in [1.807, 2.05) is 17.9 Å². The number of nitrogens with zero attached hydrogens (tertiary/aromatic N) is 2. The summed E-state index contributed by atoms with van der Waals surface area (Å²) in [5.74, 6) is 0.787. The van der Waals surface area contributed by atoms with Crippen molar-refractivity contribution >= 4 is 5.97 Å². The smallest absolute Gasteiger partial charge is 0.308 e. The van der Waals surface area contributed by atoms with Gasteiger partial charge < -0.3 is 4.74 Å². The maximum absolute atomic E-state index is 11.4. The Morgan fingerprint density at radius 3 is 2.71 bits per heavy atom. The summed E-state index contributed by atoms with van der Waals surface area (Å²) in [4.78, 5) is 11.4. The molecule has 17 heavy (non-hydrogen) atoms. The number of esters is 1. The van der Waals surface area contributed by atoms with Crippen LogP contribution in [0.4, 0.5) is 0 Å². The van der Waals surface area contributed by atoms with Crippen LogP contribution < -0.4 is 0 Å². The van der Waals surface area contributed by atoms with Crippen LogP contribution in [0.5, 0.6) is 0 Å². The maximum atomic E-state index is 11.4. The lowest BCUT2D eigenvalue weighted by Crippen LogP contribution is -2.23. The molecule has 0 N–H and O–H groups in total. The van der Waals surface area contributed by atoms with Gasteiger partial charge in [0.25, 0.3) is 0 Å². The highest BCUT2D eigenvalue weighted by atomic mass is 16.5. The van der Waals surface area contributed by atoms with Crippen LogP contribution in [0.2, 0.25) is 0 Å². The molecule has 0 aliphatic heterocycles. The summed E-state index contributed by atoms with van der Waals surface area (Å²) in [6.07, 6.45) is 9.28. The average molecular weight is 236 g/mol. The molecule has 1 aliphatic carbocycles. The van der Waals surface area contributed by atoms with Gasteiger partial charge in [-0.1, -0.05) is 0 Å². The van der Waals surface area contributed by atoms with E-state index in [0.717, 1.165) is 32.1 Å². The van der Waals surface area contributed by atoms with Crippen molar-refractivity contribution in [2.24, 2.45) is 18.9 Å². The summed E-state index contributed by atoms with van der Waals surface area (Å²) in [5.41, 5.74) is 1.30. The zero-order chi connectivity index (χ0) is 12.3. The van der Waals surface area contributed by atoms with Crippen LogP contribution in [0.1, 0.15) is 31.2 Å². The number of aromatic nitrogens is 2. The Morgan fingerprint density at radius 2 is 2.18 bits per heavy atom. The molecule has 0 amide bonds. The highest BCUT2D eigenvalue weighted by Gasteiger charge is 2.26. The van der Waals surface area contributed by atoms with Crippen LogP contribution >= 0.6 is 0 Å². The summed E-state index contributed by atoms with van der Waals surface area (Å²) < 4.78 is 6.64. The lowest BCUT2D eigenvalue weighted by atomic mass is 9.79. The van der Waals surface area contributed by atoms with Crippen LogP contribution in [0.15, 0.2) is 12.4 Å². The Kier molecular flexibility index (Phi) is 3.82. The van der Waals surface area contributed by atoms with Crippen molar-refractivity contribution < 1.29 is 9.53 Å². The van der Waals surface area contributed by atoms with Gasteiger partial charge in [0.2, 0.25) is 0 Å². The van der Waals surface area contributed by atoms with E-state index in [1.165, 1.54) is 12.7 Å². The van der Waals surface area contributed by atoms with Crippen LogP contribution in [0.25, 0.3) is 0 Å². The zero-order valence-electron chi connectivity index (χ0n) is 10.6. The summed E-state index contributed by atoms with van der Waals surface area (Å²) >= 11 is 0. The van der Waals surface area contributed by atoms with E-state index >= 15 is 0 Å². The summed E-state index contributed by atoms with van der Waals surface area (Å²) in [7, 11) is 3.42. The molecule has 1 aromatic rings. The summed E-state index contributed by atoms with van der Waals surface area (Å²) in [6, 6.07) is 0. The Hall–Kier alpha value is -1.32. The first-order chi connectivity index (χ1) is 8.19. The van der Waals surface area contributed by atoms with E-state index in [0.29, 0.717) is 5.92 Å². The third kappa shape index (κ3) is 3.08.